The molecule has 2 nitrogen and oxygen atoms in total. The van der Waals surface area contributed by atoms with Crippen molar-refractivity contribution in [3.05, 3.63) is 48.4 Å². The number of hydrogen-bond acceptors (Lipinski definition) is 3. The van der Waals surface area contributed by atoms with E-state index >= 15 is 0 Å². The molecular weight excluding hydrogens is 211 g/mol. The van der Waals surface area contributed by atoms with Crippen LogP contribution in [-0.4, -0.2) is 4.98 Å². The van der Waals surface area contributed by atoms with Crippen molar-refractivity contribution in [3.8, 4) is 0 Å². The van der Waals surface area contributed by atoms with Gasteiger partial charge in [-0.05, 0) is 24.3 Å². The predicted molar refractivity (Wildman–Crippen MR) is 59.2 cm³/mol. The molecule has 0 amide bonds. The van der Waals surface area contributed by atoms with E-state index in [0.717, 1.165) is 5.03 Å². The minimum Gasteiger partial charge on any atom is -0.397 e. The summed E-state index contributed by atoms with van der Waals surface area (Å²) in [5, 5.41) is 0.731. The molecule has 1 heterocycles. The molecule has 0 radical (unpaired) electrons. The summed E-state index contributed by atoms with van der Waals surface area (Å²) in [6.45, 7) is 0. The Bertz CT molecular complexity index is 456. The van der Waals surface area contributed by atoms with Crippen LogP contribution in [0, 0.1) is 5.82 Å². The minimum absolute atomic E-state index is 0.235. The van der Waals surface area contributed by atoms with Crippen molar-refractivity contribution in [3.63, 3.8) is 0 Å². The molecule has 0 spiro atoms. The number of aromatic nitrogens is 1. The molecular formula is C11H9FN2S. The summed E-state index contributed by atoms with van der Waals surface area (Å²) in [5.41, 5.74) is 6.11. The second kappa shape index (κ2) is 4.31. The van der Waals surface area contributed by atoms with E-state index in [2.05, 4.69) is 4.98 Å². The molecule has 0 aliphatic heterocycles. The molecule has 0 atom stereocenters. The van der Waals surface area contributed by atoms with Gasteiger partial charge in [0.25, 0.3) is 0 Å². The average molecular weight is 220 g/mol. The van der Waals surface area contributed by atoms with Crippen molar-refractivity contribution in [2.75, 3.05) is 5.73 Å². The molecule has 0 bridgehead atoms. The molecule has 0 unspecified atom stereocenters. The van der Waals surface area contributed by atoms with Gasteiger partial charge in [0.1, 0.15) is 10.8 Å². The number of rotatable bonds is 2. The van der Waals surface area contributed by atoms with Gasteiger partial charge in [0.15, 0.2) is 0 Å². The Hall–Kier alpha value is -1.55. The Morgan fingerprint density at radius 1 is 1.13 bits per heavy atom. The average Bonchev–Trinajstić information content (AvgIpc) is 2.25. The highest BCUT2D eigenvalue weighted by Gasteiger charge is 2.03. The third-order valence-corrected chi connectivity index (χ3v) is 2.81. The van der Waals surface area contributed by atoms with Crippen LogP contribution < -0.4 is 5.73 Å². The van der Waals surface area contributed by atoms with Crippen LogP contribution in [0.2, 0.25) is 0 Å². The highest BCUT2D eigenvalue weighted by atomic mass is 32.2. The Morgan fingerprint density at radius 2 is 1.93 bits per heavy atom. The summed E-state index contributed by atoms with van der Waals surface area (Å²) in [7, 11) is 0. The number of benzene rings is 1. The van der Waals surface area contributed by atoms with Gasteiger partial charge in [0.2, 0.25) is 0 Å². The highest BCUT2D eigenvalue weighted by Crippen LogP contribution is 2.28. The summed E-state index contributed by atoms with van der Waals surface area (Å²) in [4.78, 5) is 4.65. The van der Waals surface area contributed by atoms with E-state index in [1.54, 1.807) is 36.5 Å². The van der Waals surface area contributed by atoms with Crippen LogP contribution in [0.3, 0.4) is 0 Å². The minimum atomic E-state index is -0.235. The van der Waals surface area contributed by atoms with Crippen molar-refractivity contribution < 1.29 is 4.39 Å². The van der Waals surface area contributed by atoms with Crippen LogP contribution in [0.25, 0.3) is 0 Å². The van der Waals surface area contributed by atoms with Crippen LogP contribution in [0.5, 0.6) is 0 Å². The second-order valence-corrected chi connectivity index (χ2v) is 4.02. The maximum absolute atomic E-state index is 13.3. The highest BCUT2D eigenvalue weighted by molar-refractivity contribution is 7.99. The van der Waals surface area contributed by atoms with Crippen LogP contribution in [0.15, 0.2) is 52.5 Å². The van der Waals surface area contributed by atoms with Crippen LogP contribution in [0.1, 0.15) is 0 Å². The zero-order chi connectivity index (χ0) is 10.7. The number of anilines is 1. The largest absolute Gasteiger partial charge is 0.397 e. The maximum Gasteiger partial charge on any atom is 0.137 e. The van der Waals surface area contributed by atoms with Gasteiger partial charge in [0, 0.05) is 4.90 Å². The number of nitrogen functional groups attached to an aromatic ring is 1. The quantitative estimate of drug-likeness (QED) is 0.845. The topological polar surface area (TPSA) is 38.9 Å². The van der Waals surface area contributed by atoms with E-state index in [1.807, 2.05) is 0 Å². The second-order valence-electron chi connectivity index (χ2n) is 2.96. The van der Waals surface area contributed by atoms with Gasteiger partial charge in [-0.3, -0.25) is 0 Å². The molecule has 2 aromatic rings. The first-order valence-electron chi connectivity index (χ1n) is 4.39. The van der Waals surface area contributed by atoms with E-state index in [4.69, 9.17) is 5.73 Å². The molecule has 0 fully saturated rings. The zero-order valence-electron chi connectivity index (χ0n) is 7.85. The molecule has 15 heavy (non-hydrogen) atoms. The van der Waals surface area contributed by atoms with E-state index in [1.165, 1.54) is 17.8 Å². The summed E-state index contributed by atoms with van der Waals surface area (Å²) < 4.78 is 13.3. The van der Waals surface area contributed by atoms with Crippen molar-refractivity contribution in [1.82, 2.24) is 4.98 Å². The summed E-state index contributed by atoms with van der Waals surface area (Å²) >= 11 is 1.28. The number of hydrogen-bond donors (Lipinski definition) is 1. The smallest absolute Gasteiger partial charge is 0.137 e. The maximum atomic E-state index is 13.3. The number of nitrogens with two attached hydrogens (primary N) is 1. The molecule has 76 valence electrons. The number of halogens is 1. The molecule has 1 aromatic heterocycles. The molecule has 2 rings (SSSR count). The van der Waals surface area contributed by atoms with Crippen molar-refractivity contribution >= 4 is 17.4 Å². The van der Waals surface area contributed by atoms with Gasteiger partial charge >= 0.3 is 0 Å². The normalized spacial score (nSPS) is 10.2. The molecule has 2 N–H and O–H groups in total. The van der Waals surface area contributed by atoms with Gasteiger partial charge < -0.3 is 5.73 Å². The molecule has 0 aliphatic rings. The van der Waals surface area contributed by atoms with Crippen molar-refractivity contribution in [2.24, 2.45) is 0 Å². The summed E-state index contributed by atoms with van der Waals surface area (Å²) in [6.07, 6.45) is 1.56. The lowest BCUT2D eigenvalue weighted by Crippen LogP contribution is -1.87. The standard InChI is InChI=1S/C11H9FN2S/c12-9-3-1-2-4-10(9)15-11-6-5-8(13)7-14-11/h1-7H,13H2. The number of pyridine rings is 1. The molecule has 1 aromatic carbocycles. The lowest BCUT2D eigenvalue weighted by atomic mass is 10.3. The first-order valence-corrected chi connectivity index (χ1v) is 5.21. The Morgan fingerprint density at radius 3 is 2.60 bits per heavy atom. The molecule has 0 aliphatic carbocycles. The van der Waals surface area contributed by atoms with E-state index < -0.39 is 0 Å². The zero-order valence-corrected chi connectivity index (χ0v) is 8.67. The lowest BCUT2D eigenvalue weighted by molar-refractivity contribution is 0.602. The van der Waals surface area contributed by atoms with Gasteiger partial charge in [-0.2, -0.15) is 0 Å². The fraction of sp³-hybridized carbons (Fsp3) is 0. The number of nitrogens with zero attached hydrogens (tertiary/aromatic N) is 1. The first kappa shape index (κ1) is 9.98. The van der Waals surface area contributed by atoms with E-state index in [0.29, 0.717) is 10.6 Å². The summed E-state index contributed by atoms with van der Waals surface area (Å²) in [5.74, 6) is -0.235. The third-order valence-electron chi connectivity index (χ3n) is 1.81. The Balaban J connectivity index is 2.22. The first-order chi connectivity index (χ1) is 7.25. The third kappa shape index (κ3) is 2.47. The van der Waals surface area contributed by atoms with Gasteiger partial charge in [-0.1, -0.05) is 23.9 Å². The molecule has 0 saturated heterocycles. The van der Waals surface area contributed by atoms with Crippen LogP contribution in [0.4, 0.5) is 10.1 Å². The SMILES string of the molecule is Nc1ccc(Sc2ccccc2F)nc1. The van der Waals surface area contributed by atoms with Gasteiger partial charge in [0.05, 0.1) is 11.9 Å². The van der Waals surface area contributed by atoms with Gasteiger partial charge in [-0.25, -0.2) is 9.37 Å². The van der Waals surface area contributed by atoms with Gasteiger partial charge in [-0.15, -0.1) is 0 Å². The fourth-order valence-electron chi connectivity index (χ4n) is 1.09. The monoisotopic (exact) mass is 220 g/mol. The van der Waals surface area contributed by atoms with E-state index in [9.17, 15) is 4.39 Å². The van der Waals surface area contributed by atoms with Crippen LogP contribution in [-0.2, 0) is 0 Å². The fourth-order valence-corrected chi connectivity index (χ4v) is 1.87. The molecule has 4 heteroatoms. The Kier molecular flexibility index (Phi) is 2.87. The lowest BCUT2D eigenvalue weighted by Gasteiger charge is -2.01. The molecule has 0 saturated carbocycles. The van der Waals surface area contributed by atoms with Crippen molar-refractivity contribution in [1.29, 1.82) is 0 Å². The van der Waals surface area contributed by atoms with E-state index in [-0.39, 0.29) is 5.82 Å². The van der Waals surface area contributed by atoms with Crippen LogP contribution >= 0.6 is 11.8 Å². The summed E-state index contributed by atoms with van der Waals surface area (Å²) in [6, 6.07) is 10.1. The van der Waals surface area contributed by atoms with Crippen molar-refractivity contribution in [2.45, 2.75) is 9.92 Å². The predicted octanol–water partition coefficient (Wildman–Crippen LogP) is 2.95. The Labute approximate surface area is 91.3 Å².